The Balaban J connectivity index is 1.40. The van der Waals surface area contributed by atoms with Gasteiger partial charge in [-0.25, -0.2) is 0 Å². The summed E-state index contributed by atoms with van der Waals surface area (Å²) in [4.78, 5) is 22.9. The van der Waals surface area contributed by atoms with E-state index in [2.05, 4.69) is 46.3 Å². The molecule has 2 aromatic heterocycles. The number of aromatic nitrogens is 3. The van der Waals surface area contributed by atoms with E-state index in [1.165, 1.54) is 11.1 Å². The first kappa shape index (κ1) is 16.4. The van der Waals surface area contributed by atoms with E-state index in [-0.39, 0.29) is 11.8 Å². The molecule has 0 spiro atoms. The molecule has 6 heteroatoms. The average molecular weight is 348 g/mol. The molecule has 1 aromatic carbocycles. The summed E-state index contributed by atoms with van der Waals surface area (Å²) in [5.74, 6) is 1.06. The maximum atomic E-state index is 12.3. The standard InChI is InChI=1S/C20H20N4O2/c1-14-5-7-15(8-6-14)9-11-24-13-16(12-18(24)25)20-22-19(23-26-20)17-4-2-3-10-21-17/h2-8,10,16H,9,11-13H2,1H3. The highest BCUT2D eigenvalue weighted by Crippen LogP contribution is 2.28. The van der Waals surface area contributed by atoms with E-state index in [1.807, 2.05) is 23.1 Å². The molecule has 1 unspecified atom stereocenters. The fraction of sp³-hybridized carbons (Fsp3) is 0.300. The number of amides is 1. The number of likely N-dealkylation sites (tertiary alicyclic amines) is 1. The molecule has 1 amide bonds. The molecule has 0 aliphatic carbocycles. The summed E-state index contributed by atoms with van der Waals surface area (Å²) >= 11 is 0. The number of hydrogen-bond acceptors (Lipinski definition) is 5. The SMILES string of the molecule is Cc1ccc(CCN2CC(c3nc(-c4ccccn4)no3)CC2=O)cc1. The topological polar surface area (TPSA) is 72.1 Å². The zero-order chi connectivity index (χ0) is 17.9. The van der Waals surface area contributed by atoms with Gasteiger partial charge in [-0.3, -0.25) is 9.78 Å². The molecule has 3 aromatic rings. The van der Waals surface area contributed by atoms with E-state index in [9.17, 15) is 4.79 Å². The first-order valence-electron chi connectivity index (χ1n) is 8.77. The molecule has 3 heterocycles. The molecule has 1 aliphatic rings. The minimum atomic E-state index is -0.0505. The van der Waals surface area contributed by atoms with E-state index in [0.717, 1.165) is 6.42 Å². The maximum Gasteiger partial charge on any atom is 0.232 e. The van der Waals surface area contributed by atoms with E-state index >= 15 is 0 Å². The average Bonchev–Trinajstić information content (AvgIpc) is 3.29. The lowest BCUT2D eigenvalue weighted by Gasteiger charge is -2.15. The molecule has 0 radical (unpaired) electrons. The highest BCUT2D eigenvalue weighted by Gasteiger charge is 2.34. The number of benzene rings is 1. The number of carbonyl (C=O) groups excluding carboxylic acids is 1. The van der Waals surface area contributed by atoms with Crippen LogP contribution in [-0.4, -0.2) is 39.0 Å². The van der Waals surface area contributed by atoms with E-state index in [4.69, 9.17) is 4.52 Å². The summed E-state index contributed by atoms with van der Waals surface area (Å²) in [6.45, 7) is 3.40. The third kappa shape index (κ3) is 3.49. The number of aryl methyl sites for hydroxylation is 1. The molecule has 0 saturated carbocycles. The lowest BCUT2D eigenvalue weighted by molar-refractivity contribution is -0.127. The molecule has 1 fully saturated rings. The first-order valence-corrected chi connectivity index (χ1v) is 8.77. The molecular weight excluding hydrogens is 328 g/mol. The van der Waals surface area contributed by atoms with Crippen LogP contribution in [0.15, 0.2) is 53.2 Å². The van der Waals surface area contributed by atoms with Gasteiger partial charge >= 0.3 is 0 Å². The smallest absolute Gasteiger partial charge is 0.232 e. The Labute approximate surface area is 151 Å². The van der Waals surface area contributed by atoms with Gasteiger partial charge in [0, 0.05) is 25.7 Å². The Morgan fingerprint density at radius 2 is 2.04 bits per heavy atom. The van der Waals surface area contributed by atoms with Crippen LogP contribution in [0.25, 0.3) is 11.5 Å². The maximum absolute atomic E-state index is 12.3. The van der Waals surface area contributed by atoms with Crippen molar-refractivity contribution in [3.8, 4) is 11.5 Å². The summed E-state index contributed by atoms with van der Waals surface area (Å²) < 4.78 is 5.40. The Hall–Kier alpha value is -3.02. The van der Waals surface area contributed by atoms with Crippen molar-refractivity contribution < 1.29 is 9.32 Å². The van der Waals surface area contributed by atoms with E-state index in [0.29, 0.717) is 36.9 Å². The van der Waals surface area contributed by atoms with Crippen molar-refractivity contribution in [1.82, 2.24) is 20.0 Å². The van der Waals surface area contributed by atoms with Crippen molar-refractivity contribution in [3.63, 3.8) is 0 Å². The quantitative estimate of drug-likeness (QED) is 0.709. The van der Waals surface area contributed by atoms with Crippen LogP contribution in [0.4, 0.5) is 0 Å². The lowest BCUT2D eigenvalue weighted by Crippen LogP contribution is -2.27. The minimum absolute atomic E-state index is 0.0505. The van der Waals surface area contributed by atoms with E-state index < -0.39 is 0 Å². The minimum Gasteiger partial charge on any atom is -0.342 e. The second-order valence-electron chi connectivity index (χ2n) is 6.65. The van der Waals surface area contributed by atoms with Crippen molar-refractivity contribution in [2.24, 2.45) is 0 Å². The zero-order valence-electron chi connectivity index (χ0n) is 14.6. The van der Waals surface area contributed by atoms with Crippen LogP contribution in [0, 0.1) is 6.92 Å². The van der Waals surface area contributed by atoms with Gasteiger partial charge in [0.15, 0.2) is 0 Å². The monoisotopic (exact) mass is 348 g/mol. The fourth-order valence-corrected chi connectivity index (χ4v) is 3.17. The predicted octanol–water partition coefficient (Wildman–Crippen LogP) is 3.00. The van der Waals surface area contributed by atoms with Gasteiger partial charge in [0.2, 0.25) is 17.6 Å². The van der Waals surface area contributed by atoms with Crippen molar-refractivity contribution in [3.05, 3.63) is 65.7 Å². The van der Waals surface area contributed by atoms with Crippen LogP contribution in [-0.2, 0) is 11.2 Å². The van der Waals surface area contributed by atoms with Gasteiger partial charge < -0.3 is 9.42 Å². The van der Waals surface area contributed by atoms with Crippen LogP contribution in [0.1, 0.15) is 29.4 Å². The molecule has 26 heavy (non-hydrogen) atoms. The van der Waals surface area contributed by atoms with Gasteiger partial charge in [0.25, 0.3) is 0 Å². The Morgan fingerprint density at radius 1 is 1.19 bits per heavy atom. The number of rotatable bonds is 5. The van der Waals surface area contributed by atoms with Crippen molar-refractivity contribution >= 4 is 5.91 Å². The van der Waals surface area contributed by atoms with Crippen LogP contribution in [0.2, 0.25) is 0 Å². The molecule has 1 saturated heterocycles. The predicted molar refractivity (Wildman–Crippen MR) is 96.4 cm³/mol. The van der Waals surface area contributed by atoms with Crippen molar-refractivity contribution in [2.75, 3.05) is 13.1 Å². The highest BCUT2D eigenvalue weighted by atomic mass is 16.5. The molecule has 1 aliphatic heterocycles. The van der Waals surface area contributed by atoms with Crippen LogP contribution in [0.5, 0.6) is 0 Å². The number of hydrogen-bond donors (Lipinski definition) is 0. The van der Waals surface area contributed by atoms with Gasteiger partial charge in [0.1, 0.15) is 5.69 Å². The largest absolute Gasteiger partial charge is 0.342 e. The molecule has 132 valence electrons. The highest BCUT2D eigenvalue weighted by molar-refractivity contribution is 5.79. The summed E-state index contributed by atoms with van der Waals surface area (Å²) in [6, 6.07) is 14.0. The number of nitrogens with zero attached hydrogens (tertiary/aromatic N) is 4. The Morgan fingerprint density at radius 3 is 2.81 bits per heavy atom. The molecular formula is C20H20N4O2. The van der Waals surface area contributed by atoms with Crippen molar-refractivity contribution in [2.45, 2.75) is 25.7 Å². The lowest BCUT2D eigenvalue weighted by atomic mass is 10.1. The normalized spacial score (nSPS) is 17.0. The zero-order valence-corrected chi connectivity index (χ0v) is 14.6. The molecule has 0 bridgehead atoms. The second-order valence-corrected chi connectivity index (χ2v) is 6.65. The van der Waals surface area contributed by atoms with E-state index in [1.54, 1.807) is 6.20 Å². The van der Waals surface area contributed by atoms with Gasteiger partial charge in [-0.05, 0) is 31.0 Å². The summed E-state index contributed by atoms with van der Waals surface area (Å²) in [7, 11) is 0. The molecule has 6 nitrogen and oxygen atoms in total. The molecule has 1 atom stereocenters. The summed E-state index contributed by atoms with van der Waals surface area (Å²) in [6.07, 6.45) is 2.96. The first-order chi connectivity index (χ1) is 12.7. The second kappa shape index (κ2) is 7.07. The Bertz CT molecular complexity index is 890. The van der Waals surface area contributed by atoms with Gasteiger partial charge in [-0.15, -0.1) is 0 Å². The number of carbonyl (C=O) groups is 1. The van der Waals surface area contributed by atoms with Crippen LogP contribution in [0.3, 0.4) is 0 Å². The van der Waals surface area contributed by atoms with Gasteiger partial charge in [-0.2, -0.15) is 4.98 Å². The third-order valence-corrected chi connectivity index (χ3v) is 4.69. The fourth-order valence-electron chi connectivity index (χ4n) is 3.17. The number of pyridine rings is 1. The molecule has 4 rings (SSSR count). The van der Waals surface area contributed by atoms with Crippen LogP contribution >= 0.6 is 0 Å². The third-order valence-electron chi connectivity index (χ3n) is 4.69. The Kier molecular flexibility index (Phi) is 4.48. The van der Waals surface area contributed by atoms with Crippen molar-refractivity contribution in [1.29, 1.82) is 0 Å². The molecule has 0 N–H and O–H groups in total. The summed E-state index contributed by atoms with van der Waals surface area (Å²) in [5.41, 5.74) is 3.15. The van der Waals surface area contributed by atoms with Gasteiger partial charge in [0.05, 0.1) is 5.92 Å². The summed E-state index contributed by atoms with van der Waals surface area (Å²) in [5, 5.41) is 4.00. The van der Waals surface area contributed by atoms with Gasteiger partial charge in [-0.1, -0.05) is 41.1 Å². The van der Waals surface area contributed by atoms with Crippen LogP contribution < -0.4 is 0 Å².